The zero-order chi connectivity index (χ0) is 11.2. The Morgan fingerprint density at radius 3 is 2.50 bits per heavy atom. The zero-order valence-corrected chi connectivity index (χ0v) is 9.13. The van der Waals surface area contributed by atoms with Crippen LogP contribution in [0.25, 0.3) is 0 Å². The van der Waals surface area contributed by atoms with Crippen LogP contribution in [0.3, 0.4) is 0 Å². The van der Waals surface area contributed by atoms with E-state index in [1.807, 2.05) is 42.6 Å². The van der Waals surface area contributed by atoms with E-state index in [9.17, 15) is 5.11 Å². The third-order valence-corrected chi connectivity index (χ3v) is 2.60. The second kappa shape index (κ2) is 5.31. The smallest absolute Gasteiger partial charge is 0.118 e. The third-order valence-electron chi connectivity index (χ3n) is 2.60. The first-order valence-corrected chi connectivity index (χ1v) is 5.53. The zero-order valence-electron chi connectivity index (χ0n) is 9.13. The van der Waals surface area contributed by atoms with Gasteiger partial charge in [0.15, 0.2) is 0 Å². The maximum atomic E-state index is 9.59. The minimum Gasteiger partial charge on any atom is -0.508 e. The summed E-state index contributed by atoms with van der Waals surface area (Å²) in [6, 6.07) is 13.5. The van der Waals surface area contributed by atoms with E-state index in [0.29, 0.717) is 5.75 Å². The SMILES string of the molecule is Oc1ccccc1CCCc1ccccn1. The molecule has 0 radical (unpaired) electrons. The number of aromatic hydroxyl groups is 1. The highest BCUT2D eigenvalue weighted by Crippen LogP contribution is 2.17. The van der Waals surface area contributed by atoms with Crippen LogP contribution in [-0.2, 0) is 12.8 Å². The lowest BCUT2D eigenvalue weighted by molar-refractivity contribution is 0.467. The van der Waals surface area contributed by atoms with E-state index in [-0.39, 0.29) is 0 Å². The normalized spacial score (nSPS) is 10.2. The van der Waals surface area contributed by atoms with Crippen LogP contribution in [0, 0.1) is 0 Å². The number of hydrogen-bond donors (Lipinski definition) is 1. The molecule has 1 N–H and O–H groups in total. The Kier molecular flexibility index (Phi) is 3.54. The van der Waals surface area contributed by atoms with Crippen LogP contribution in [0.1, 0.15) is 17.7 Å². The summed E-state index contributed by atoms with van der Waals surface area (Å²) in [5, 5.41) is 9.59. The lowest BCUT2D eigenvalue weighted by atomic mass is 10.1. The fourth-order valence-corrected chi connectivity index (χ4v) is 1.73. The van der Waals surface area contributed by atoms with E-state index >= 15 is 0 Å². The van der Waals surface area contributed by atoms with Gasteiger partial charge in [0.25, 0.3) is 0 Å². The number of phenolic OH excluding ortho intramolecular Hbond substituents is 1. The second-order valence-electron chi connectivity index (χ2n) is 3.80. The number of hydrogen-bond acceptors (Lipinski definition) is 2. The Morgan fingerprint density at radius 1 is 0.938 bits per heavy atom. The summed E-state index contributed by atoms with van der Waals surface area (Å²) in [4.78, 5) is 4.27. The number of pyridine rings is 1. The van der Waals surface area contributed by atoms with Crippen LogP contribution in [0.15, 0.2) is 48.7 Å². The molecule has 0 atom stereocenters. The number of aryl methyl sites for hydroxylation is 2. The van der Waals surface area contributed by atoms with Crippen molar-refractivity contribution < 1.29 is 5.11 Å². The highest BCUT2D eigenvalue weighted by atomic mass is 16.3. The summed E-state index contributed by atoms with van der Waals surface area (Å²) >= 11 is 0. The van der Waals surface area contributed by atoms with Crippen molar-refractivity contribution in [1.82, 2.24) is 4.98 Å². The van der Waals surface area contributed by atoms with Crippen LogP contribution in [0.5, 0.6) is 5.75 Å². The highest BCUT2D eigenvalue weighted by molar-refractivity contribution is 5.31. The summed E-state index contributed by atoms with van der Waals surface area (Å²) in [5.41, 5.74) is 2.12. The molecule has 2 heteroatoms. The number of phenols is 1. The average molecular weight is 213 g/mol. The maximum Gasteiger partial charge on any atom is 0.118 e. The monoisotopic (exact) mass is 213 g/mol. The molecular weight excluding hydrogens is 198 g/mol. The van der Waals surface area contributed by atoms with Gasteiger partial charge in [-0.25, -0.2) is 0 Å². The molecule has 2 aromatic rings. The lowest BCUT2D eigenvalue weighted by Crippen LogP contribution is -1.92. The molecule has 1 aromatic carbocycles. The number of aromatic nitrogens is 1. The largest absolute Gasteiger partial charge is 0.508 e. The van der Waals surface area contributed by atoms with Crippen LogP contribution < -0.4 is 0 Å². The topological polar surface area (TPSA) is 33.1 Å². The van der Waals surface area contributed by atoms with E-state index in [0.717, 1.165) is 30.5 Å². The van der Waals surface area contributed by atoms with Gasteiger partial charge >= 0.3 is 0 Å². The molecular formula is C14H15NO. The molecule has 0 aliphatic carbocycles. The Bertz CT molecular complexity index is 439. The summed E-state index contributed by atoms with van der Waals surface area (Å²) in [5.74, 6) is 0.392. The van der Waals surface area contributed by atoms with Gasteiger partial charge in [-0.3, -0.25) is 4.98 Å². The fraction of sp³-hybridized carbons (Fsp3) is 0.214. The van der Waals surface area contributed by atoms with Crippen LogP contribution >= 0.6 is 0 Å². The van der Waals surface area contributed by atoms with Crippen molar-refractivity contribution in [3.05, 3.63) is 59.9 Å². The van der Waals surface area contributed by atoms with Gasteiger partial charge in [-0.1, -0.05) is 24.3 Å². The van der Waals surface area contributed by atoms with Crippen LogP contribution in [0.2, 0.25) is 0 Å². The standard InChI is InChI=1S/C14H15NO/c16-14-10-2-1-6-12(14)7-5-9-13-8-3-4-11-15-13/h1-4,6,8,10-11,16H,5,7,9H2. The van der Waals surface area contributed by atoms with Gasteiger partial charge in [0.05, 0.1) is 0 Å². The molecule has 0 spiro atoms. The second-order valence-corrected chi connectivity index (χ2v) is 3.80. The first kappa shape index (κ1) is 10.7. The van der Waals surface area contributed by atoms with Crippen molar-refractivity contribution in [2.24, 2.45) is 0 Å². The molecule has 0 aliphatic heterocycles. The van der Waals surface area contributed by atoms with E-state index < -0.39 is 0 Å². The summed E-state index contributed by atoms with van der Waals surface area (Å²) in [6.45, 7) is 0. The predicted molar refractivity (Wildman–Crippen MR) is 64.4 cm³/mol. The van der Waals surface area contributed by atoms with Gasteiger partial charge in [0.1, 0.15) is 5.75 Å². The summed E-state index contributed by atoms with van der Waals surface area (Å²) < 4.78 is 0. The number of para-hydroxylation sites is 1. The number of nitrogens with zero attached hydrogens (tertiary/aromatic N) is 1. The van der Waals surface area contributed by atoms with Crippen molar-refractivity contribution in [1.29, 1.82) is 0 Å². The quantitative estimate of drug-likeness (QED) is 0.847. The molecule has 82 valence electrons. The molecule has 2 rings (SSSR count). The molecule has 0 fully saturated rings. The fourth-order valence-electron chi connectivity index (χ4n) is 1.73. The molecule has 0 saturated carbocycles. The predicted octanol–water partition coefficient (Wildman–Crippen LogP) is 2.96. The van der Waals surface area contributed by atoms with E-state index in [4.69, 9.17) is 0 Å². The molecule has 0 aliphatic rings. The Balaban J connectivity index is 1.87. The molecule has 0 unspecified atom stereocenters. The Hall–Kier alpha value is -1.83. The van der Waals surface area contributed by atoms with Crippen molar-refractivity contribution in [3.63, 3.8) is 0 Å². The number of rotatable bonds is 4. The van der Waals surface area contributed by atoms with Crippen molar-refractivity contribution in [2.75, 3.05) is 0 Å². The summed E-state index contributed by atoms with van der Waals surface area (Å²) in [6.07, 6.45) is 4.67. The lowest BCUT2D eigenvalue weighted by Gasteiger charge is -2.03. The molecule has 1 heterocycles. The minimum atomic E-state index is 0.392. The molecule has 16 heavy (non-hydrogen) atoms. The van der Waals surface area contributed by atoms with Gasteiger partial charge in [-0.05, 0) is 43.0 Å². The first-order chi connectivity index (χ1) is 7.86. The Morgan fingerprint density at radius 2 is 1.75 bits per heavy atom. The Labute approximate surface area is 95.6 Å². The molecule has 1 aromatic heterocycles. The highest BCUT2D eigenvalue weighted by Gasteiger charge is 2.00. The van der Waals surface area contributed by atoms with Crippen molar-refractivity contribution >= 4 is 0 Å². The average Bonchev–Trinajstić information content (AvgIpc) is 2.33. The molecule has 2 nitrogen and oxygen atoms in total. The van der Waals surface area contributed by atoms with Crippen molar-refractivity contribution in [2.45, 2.75) is 19.3 Å². The van der Waals surface area contributed by atoms with Gasteiger partial charge in [0.2, 0.25) is 0 Å². The van der Waals surface area contributed by atoms with Gasteiger partial charge in [-0.2, -0.15) is 0 Å². The van der Waals surface area contributed by atoms with E-state index in [1.165, 1.54) is 0 Å². The van der Waals surface area contributed by atoms with Crippen molar-refractivity contribution in [3.8, 4) is 5.75 Å². The third kappa shape index (κ3) is 2.83. The van der Waals surface area contributed by atoms with Crippen LogP contribution in [0.4, 0.5) is 0 Å². The van der Waals surface area contributed by atoms with Gasteiger partial charge in [-0.15, -0.1) is 0 Å². The van der Waals surface area contributed by atoms with Gasteiger partial charge < -0.3 is 5.11 Å². The van der Waals surface area contributed by atoms with Gasteiger partial charge in [0, 0.05) is 11.9 Å². The maximum absolute atomic E-state index is 9.59. The molecule has 0 amide bonds. The molecule has 0 saturated heterocycles. The molecule has 0 bridgehead atoms. The first-order valence-electron chi connectivity index (χ1n) is 5.53. The van der Waals surface area contributed by atoms with Crippen LogP contribution in [-0.4, -0.2) is 10.1 Å². The van der Waals surface area contributed by atoms with E-state index in [2.05, 4.69) is 4.98 Å². The minimum absolute atomic E-state index is 0.392. The van der Waals surface area contributed by atoms with E-state index in [1.54, 1.807) is 6.07 Å². The number of benzene rings is 1. The summed E-state index contributed by atoms with van der Waals surface area (Å²) in [7, 11) is 0.